The fourth-order valence-electron chi connectivity index (χ4n) is 4.95. The third kappa shape index (κ3) is 7.01. The second-order valence-electron chi connectivity index (χ2n) is 10.3. The summed E-state index contributed by atoms with van der Waals surface area (Å²) in [5.74, 6) is 0.264. The summed E-state index contributed by atoms with van der Waals surface area (Å²) in [6, 6.07) is 43.0. The smallest absolute Gasteiger partial charge is 0.130 e. The first-order valence-electron chi connectivity index (χ1n) is 13.8. The molecule has 0 aliphatic rings. The third-order valence-electron chi connectivity index (χ3n) is 7.41. The zero-order valence-electron chi connectivity index (χ0n) is 22.7. The topological polar surface area (TPSA) is 23.8 Å². The lowest BCUT2D eigenvalue weighted by molar-refractivity contribution is 0.622. The summed E-state index contributed by atoms with van der Waals surface area (Å²) in [4.78, 5) is 0. The van der Waals surface area contributed by atoms with Crippen molar-refractivity contribution in [2.24, 2.45) is 0 Å². The Balaban J connectivity index is 1.17. The predicted molar refractivity (Wildman–Crippen MR) is 164 cm³/mol. The molecule has 1 nitrogen and oxygen atoms in total. The number of aryl methyl sites for hydroxylation is 2. The molecule has 0 heterocycles. The molecule has 0 aliphatic carbocycles. The maximum absolute atomic E-state index is 14.8. The molecule has 0 aliphatic heterocycles. The Labute approximate surface area is 236 Å². The molecule has 1 atom stereocenters. The van der Waals surface area contributed by atoms with Crippen molar-refractivity contribution in [3.8, 4) is 17.2 Å². The molecule has 196 valence electrons. The molecule has 0 fully saturated rings. The van der Waals surface area contributed by atoms with Crippen LogP contribution < -0.4 is 0 Å². The van der Waals surface area contributed by atoms with Gasteiger partial charge in [0.2, 0.25) is 0 Å². The van der Waals surface area contributed by atoms with E-state index in [1.165, 1.54) is 16.7 Å². The van der Waals surface area contributed by atoms with Gasteiger partial charge in [0.15, 0.2) is 0 Å². The van der Waals surface area contributed by atoms with Crippen LogP contribution in [0.5, 0.6) is 0 Å². The number of rotatable bonds is 9. The largest absolute Gasteiger partial charge is 0.206 e. The summed E-state index contributed by atoms with van der Waals surface area (Å²) in [5, 5.41) is 8.93. The summed E-state index contributed by atoms with van der Waals surface area (Å²) >= 11 is 0. The molecule has 0 saturated carbocycles. The van der Waals surface area contributed by atoms with Gasteiger partial charge in [0.05, 0.1) is 11.6 Å². The third-order valence-corrected chi connectivity index (χ3v) is 7.41. The second-order valence-corrected chi connectivity index (χ2v) is 10.3. The lowest BCUT2D eigenvalue weighted by Gasteiger charge is -2.12. The molecule has 2 heteroatoms. The van der Waals surface area contributed by atoms with Crippen LogP contribution in [0.15, 0.2) is 121 Å². The minimum absolute atomic E-state index is 0.216. The van der Waals surface area contributed by atoms with E-state index in [1.807, 2.05) is 48.6 Å². The van der Waals surface area contributed by atoms with E-state index in [9.17, 15) is 4.39 Å². The lowest BCUT2D eigenvalue weighted by atomic mass is 9.93. The Morgan fingerprint density at radius 1 is 0.675 bits per heavy atom. The van der Waals surface area contributed by atoms with Gasteiger partial charge in [-0.2, -0.15) is 5.26 Å². The molecule has 0 radical (unpaired) electrons. The highest BCUT2D eigenvalue weighted by molar-refractivity contribution is 5.72. The first-order valence-corrected chi connectivity index (χ1v) is 13.8. The molecule has 0 N–H and O–H groups in total. The first-order chi connectivity index (χ1) is 19.6. The number of hydrogen-bond acceptors (Lipinski definition) is 1. The van der Waals surface area contributed by atoms with Gasteiger partial charge in [0.25, 0.3) is 0 Å². The molecular formula is C38H32FN. The minimum Gasteiger partial charge on any atom is -0.206 e. The van der Waals surface area contributed by atoms with Crippen LogP contribution in [0.1, 0.15) is 51.8 Å². The van der Waals surface area contributed by atoms with E-state index >= 15 is 0 Å². The van der Waals surface area contributed by atoms with Crippen LogP contribution in [-0.2, 0) is 19.3 Å². The van der Waals surface area contributed by atoms with Gasteiger partial charge in [0, 0.05) is 5.56 Å². The number of nitrogens with zero attached hydrogens (tertiary/aromatic N) is 1. The molecule has 0 spiro atoms. The van der Waals surface area contributed by atoms with E-state index in [-0.39, 0.29) is 5.82 Å². The van der Waals surface area contributed by atoms with Crippen molar-refractivity contribution in [3.05, 3.63) is 166 Å². The Morgan fingerprint density at radius 2 is 1.27 bits per heavy atom. The van der Waals surface area contributed by atoms with Gasteiger partial charge in [-0.25, -0.2) is 4.39 Å². The number of nitriles is 1. The molecule has 0 bridgehead atoms. The van der Waals surface area contributed by atoms with Gasteiger partial charge in [-0.1, -0.05) is 122 Å². The molecule has 0 amide bonds. The Hall–Kier alpha value is -4.74. The molecule has 0 aromatic heterocycles. The zero-order valence-corrected chi connectivity index (χ0v) is 22.7. The molecular weight excluding hydrogens is 489 g/mol. The fraction of sp³-hybridized carbons (Fsp3) is 0.132. The summed E-state index contributed by atoms with van der Waals surface area (Å²) in [5.41, 5.74) is 9.41. The van der Waals surface area contributed by atoms with E-state index in [1.54, 1.807) is 6.07 Å². The van der Waals surface area contributed by atoms with Crippen molar-refractivity contribution in [2.45, 2.75) is 32.1 Å². The van der Waals surface area contributed by atoms with E-state index in [2.05, 4.69) is 91.9 Å². The fourth-order valence-corrected chi connectivity index (χ4v) is 4.95. The van der Waals surface area contributed by atoms with Gasteiger partial charge in [-0.15, -0.1) is 0 Å². The van der Waals surface area contributed by atoms with E-state index in [0.717, 1.165) is 41.5 Å². The van der Waals surface area contributed by atoms with E-state index < -0.39 is 0 Å². The molecule has 1 unspecified atom stereocenters. The molecule has 5 rings (SSSR count). The van der Waals surface area contributed by atoms with E-state index in [0.29, 0.717) is 17.0 Å². The van der Waals surface area contributed by atoms with Crippen molar-refractivity contribution in [2.75, 3.05) is 0 Å². The molecule has 5 aromatic carbocycles. The highest BCUT2D eigenvalue weighted by atomic mass is 19.1. The lowest BCUT2D eigenvalue weighted by Crippen LogP contribution is -1.98. The predicted octanol–water partition coefficient (Wildman–Crippen LogP) is 9.67. The average molecular weight is 522 g/mol. The Morgan fingerprint density at radius 3 is 1.93 bits per heavy atom. The zero-order chi connectivity index (χ0) is 27.7. The Kier molecular flexibility index (Phi) is 8.64. The van der Waals surface area contributed by atoms with Crippen LogP contribution in [0.3, 0.4) is 0 Å². The SMILES string of the molecule is CC(Cc1ccc(-c2ccc(/C=C/c3ccc(CCc4ccc(C#N)cc4)cc3F)cc2)cc1)c1ccccc1. The van der Waals surface area contributed by atoms with Crippen LogP contribution >= 0.6 is 0 Å². The van der Waals surface area contributed by atoms with Crippen molar-refractivity contribution in [1.82, 2.24) is 0 Å². The van der Waals surface area contributed by atoms with Gasteiger partial charge in [-0.3, -0.25) is 0 Å². The van der Waals surface area contributed by atoms with Gasteiger partial charge in [0.1, 0.15) is 5.82 Å². The van der Waals surface area contributed by atoms with Crippen LogP contribution in [0, 0.1) is 17.1 Å². The monoisotopic (exact) mass is 521 g/mol. The number of halogens is 1. The van der Waals surface area contributed by atoms with Gasteiger partial charge in [-0.05, 0) is 82.3 Å². The minimum atomic E-state index is -0.216. The molecule has 0 saturated heterocycles. The quantitative estimate of drug-likeness (QED) is 0.177. The highest BCUT2D eigenvalue weighted by Gasteiger charge is 2.07. The standard InChI is InChI=1S/C38H32FN/c1-28(34-5-3-2-4-6-34)25-31-16-21-36(22-17-31)35-19-13-30(14-20-35)15-23-37-24-18-32(26-38(37)39)10-7-29-8-11-33(27-40)12-9-29/h2-6,8-9,11-24,26,28H,7,10,25H2,1H3/b23-15+. The Bertz CT molecular complexity index is 1610. The van der Waals surface area contributed by atoms with Crippen LogP contribution in [0.25, 0.3) is 23.3 Å². The number of hydrogen-bond donors (Lipinski definition) is 0. The molecule has 40 heavy (non-hydrogen) atoms. The van der Waals surface area contributed by atoms with E-state index in [4.69, 9.17) is 5.26 Å². The summed E-state index contributed by atoms with van der Waals surface area (Å²) in [6.07, 6.45) is 6.36. The average Bonchev–Trinajstić information content (AvgIpc) is 3.01. The van der Waals surface area contributed by atoms with Crippen LogP contribution in [-0.4, -0.2) is 0 Å². The molecule has 5 aromatic rings. The number of benzene rings is 5. The van der Waals surface area contributed by atoms with Crippen molar-refractivity contribution >= 4 is 12.2 Å². The normalized spacial score (nSPS) is 11.8. The van der Waals surface area contributed by atoms with Gasteiger partial charge < -0.3 is 0 Å². The van der Waals surface area contributed by atoms with Crippen LogP contribution in [0.4, 0.5) is 4.39 Å². The maximum atomic E-state index is 14.8. The highest BCUT2D eigenvalue weighted by Crippen LogP contribution is 2.25. The maximum Gasteiger partial charge on any atom is 0.130 e. The summed E-state index contributed by atoms with van der Waals surface area (Å²) in [6.45, 7) is 2.27. The van der Waals surface area contributed by atoms with Gasteiger partial charge >= 0.3 is 0 Å². The van der Waals surface area contributed by atoms with Crippen molar-refractivity contribution in [3.63, 3.8) is 0 Å². The van der Waals surface area contributed by atoms with Crippen molar-refractivity contribution in [1.29, 1.82) is 5.26 Å². The summed E-state index contributed by atoms with van der Waals surface area (Å²) in [7, 11) is 0. The first kappa shape index (κ1) is 26.9. The summed E-state index contributed by atoms with van der Waals surface area (Å²) < 4.78 is 14.8. The second kappa shape index (κ2) is 12.9. The van der Waals surface area contributed by atoms with Crippen LogP contribution in [0.2, 0.25) is 0 Å². The van der Waals surface area contributed by atoms with Crippen molar-refractivity contribution < 1.29 is 4.39 Å².